The van der Waals surface area contributed by atoms with Crippen LogP contribution < -0.4 is 15.4 Å². The van der Waals surface area contributed by atoms with Crippen molar-refractivity contribution >= 4 is 11.8 Å². The molecule has 1 aromatic rings. The SMILES string of the molecule is CCc1ccccc1OCC(=O)N1CCCC(CNC(=O)C2CCCN2)C1. The zero-order valence-corrected chi connectivity index (χ0v) is 16.2. The van der Waals surface area contributed by atoms with Gasteiger partial charge in [-0.05, 0) is 56.2 Å². The van der Waals surface area contributed by atoms with Crippen molar-refractivity contribution in [1.82, 2.24) is 15.5 Å². The smallest absolute Gasteiger partial charge is 0.260 e. The van der Waals surface area contributed by atoms with Gasteiger partial charge in [-0.1, -0.05) is 25.1 Å². The van der Waals surface area contributed by atoms with Gasteiger partial charge in [0.15, 0.2) is 6.61 Å². The number of aryl methyl sites for hydroxylation is 1. The zero-order chi connectivity index (χ0) is 19.1. The number of piperidine rings is 1. The molecule has 2 aliphatic rings. The topological polar surface area (TPSA) is 70.7 Å². The number of hydrogen-bond donors (Lipinski definition) is 2. The summed E-state index contributed by atoms with van der Waals surface area (Å²) >= 11 is 0. The molecule has 0 saturated carbocycles. The fraction of sp³-hybridized carbons (Fsp3) is 0.619. The second-order valence-corrected chi connectivity index (χ2v) is 7.49. The number of ether oxygens (including phenoxy) is 1. The van der Waals surface area contributed by atoms with Crippen LogP contribution in [0, 0.1) is 5.92 Å². The molecule has 6 nitrogen and oxygen atoms in total. The fourth-order valence-electron chi connectivity index (χ4n) is 3.90. The van der Waals surface area contributed by atoms with Gasteiger partial charge in [0, 0.05) is 19.6 Å². The quantitative estimate of drug-likeness (QED) is 0.764. The van der Waals surface area contributed by atoms with E-state index in [2.05, 4.69) is 17.6 Å². The van der Waals surface area contributed by atoms with Crippen LogP contribution in [0.1, 0.15) is 38.2 Å². The van der Waals surface area contributed by atoms with Crippen LogP contribution in [-0.2, 0) is 16.0 Å². The van der Waals surface area contributed by atoms with Crippen molar-refractivity contribution in [2.45, 2.75) is 45.1 Å². The number of nitrogens with one attached hydrogen (secondary N) is 2. The molecule has 2 fully saturated rings. The Balaban J connectivity index is 1.44. The van der Waals surface area contributed by atoms with Gasteiger partial charge in [-0.2, -0.15) is 0 Å². The van der Waals surface area contributed by atoms with Gasteiger partial charge in [0.2, 0.25) is 5.91 Å². The van der Waals surface area contributed by atoms with Crippen molar-refractivity contribution in [3.8, 4) is 5.75 Å². The zero-order valence-electron chi connectivity index (χ0n) is 16.2. The summed E-state index contributed by atoms with van der Waals surface area (Å²) in [6, 6.07) is 7.81. The molecular formula is C21H31N3O3. The van der Waals surface area contributed by atoms with Gasteiger partial charge >= 0.3 is 0 Å². The largest absolute Gasteiger partial charge is 0.483 e. The lowest BCUT2D eigenvalue weighted by molar-refractivity contribution is -0.135. The number of carbonyl (C=O) groups excluding carboxylic acids is 2. The maximum absolute atomic E-state index is 12.6. The minimum absolute atomic E-state index is 0.0226. The monoisotopic (exact) mass is 373 g/mol. The molecule has 2 heterocycles. The van der Waals surface area contributed by atoms with Crippen LogP contribution in [0.2, 0.25) is 0 Å². The summed E-state index contributed by atoms with van der Waals surface area (Å²) in [6.45, 7) is 5.17. The molecule has 2 saturated heterocycles. The van der Waals surface area contributed by atoms with Gasteiger partial charge in [0.05, 0.1) is 6.04 Å². The third-order valence-electron chi connectivity index (χ3n) is 5.52. The van der Waals surface area contributed by atoms with Gasteiger partial charge in [0.25, 0.3) is 5.91 Å². The first kappa shape index (κ1) is 19.7. The van der Waals surface area contributed by atoms with Gasteiger partial charge in [-0.25, -0.2) is 0 Å². The van der Waals surface area contributed by atoms with Crippen molar-refractivity contribution in [2.24, 2.45) is 5.92 Å². The van der Waals surface area contributed by atoms with Crippen LogP contribution in [0.15, 0.2) is 24.3 Å². The number of hydrogen-bond acceptors (Lipinski definition) is 4. The van der Waals surface area contributed by atoms with E-state index >= 15 is 0 Å². The van der Waals surface area contributed by atoms with Crippen LogP contribution in [0.5, 0.6) is 5.75 Å². The number of amides is 2. The van der Waals surface area contributed by atoms with E-state index < -0.39 is 0 Å². The average Bonchev–Trinajstić information content (AvgIpc) is 3.25. The molecule has 2 unspecified atom stereocenters. The summed E-state index contributed by atoms with van der Waals surface area (Å²) in [4.78, 5) is 26.6. The number of nitrogens with zero attached hydrogens (tertiary/aromatic N) is 1. The summed E-state index contributed by atoms with van der Waals surface area (Å²) in [5.41, 5.74) is 1.12. The number of rotatable bonds is 7. The molecule has 0 radical (unpaired) electrons. The highest BCUT2D eigenvalue weighted by Gasteiger charge is 2.26. The summed E-state index contributed by atoms with van der Waals surface area (Å²) < 4.78 is 5.77. The maximum Gasteiger partial charge on any atom is 0.260 e. The Morgan fingerprint density at radius 1 is 1.26 bits per heavy atom. The van der Waals surface area contributed by atoms with Gasteiger partial charge < -0.3 is 20.3 Å². The highest BCUT2D eigenvalue weighted by Crippen LogP contribution is 2.20. The van der Waals surface area contributed by atoms with Crippen LogP contribution in [0.3, 0.4) is 0 Å². The number of carbonyl (C=O) groups is 2. The Kier molecular flexibility index (Phi) is 7.10. The molecule has 0 spiro atoms. The molecule has 0 aromatic heterocycles. The lowest BCUT2D eigenvalue weighted by Crippen LogP contribution is -2.47. The third kappa shape index (κ3) is 5.45. The van der Waals surface area contributed by atoms with Crippen LogP contribution in [0.4, 0.5) is 0 Å². The molecule has 1 aromatic carbocycles. The Morgan fingerprint density at radius 3 is 2.89 bits per heavy atom. The highest BCUT2D eigenvalue weighted by atomic mass is 16.5. The standard InChI is InChI=1S/C21H31N3O3/c1-2-17-8-3-4-10-19(17)27-15-20(25)24-12-6-7-16(14-24)13-23-21(26)18-9-5-11-22-18/h3-4,8,10,16,18,22H,2,5-7,9,11-15H2,1H3,(H,23,26). The predicted octanol–water partition coefficient (Wildman–Crippen LogP) is 1.73. The summed E-state index contributed by atoms with van der Waals surface area (Å²) in [6.07, 6.45) is 4.87. The lowest BCUT2D eigenvalue weighted by atomic mass is 9.97. The number of benzene rings is 1. The van der Waals surface area contributed by atoms with E-state index in [1.165, 1.54) is 0 Å². The minimum atomic E-state index is -0.0432. The first-order valence-electron chi connectivity index (χ1n) is 10.2. The molecule has 2 amide bonds. The molecule has 27 heavy (non-hydrogen) atoms. The minimum Gasteiger partial charge on any atom is -0.483 e. The van der Waals surface area contributed by atoms with Crippen molar-refractivity contribution in [2.75, 3.05) is 32.8 Å². The molecule has 2 N–H and O–H groups in total. The second-order valence-electron chi connectivity index (χ2n) is 7.49. The predicted molar refractivity (Wildman–Crippen MR) is 105 cm³/mol. The Bertz CT molecular complexity index is 643. The normalized spacial score (nSPS) is 22.5. The van der Waals surface area contributed by atoms with E-state index in [9.17, 15) is 9.59 Å². The molecule has 0 aliphatic carbocycles. The van der Waals surface area contributed by atoms with E-state index in [0.717, 1.165) is 56.5 Å². The number of para-hydroxylation sites is 1. The van der Waals surface area contributed by atoms with Crippen molar-refractivity contribution < 1.29 is 14.3 Å². The molecule has 148 valence electrons. The summed E-state index contributed by atoms with van der Waals surface area (Å²) in [5.74, 6) is 1.22. The van der Waals surface area contributed by atoms with E-state index in [0.29, 0.717) is 19.0 Å². The summed E-state index contributed by atoms with van der Waals surface area (Å²) in [7, 11) is 0. The molecule has 0 bridgehead atoms. The average molecular weight is 373 g/mol. The Hall–Kier alpha value is -2.08. The molecule has 6 heteroatoms. The molecule has 2 aliphatic heterocycles. The van der Waals surface area contributed by atoms with Gasteiger partial charge in [0.1, 0.15) is 5.75 Å². The van der Waals surface area contributed by atoms with E-state index in [-0.39, 0.29) is 24.5 Å². The van der Waals surface area contributed by atoms with Crippen molar-refractivity contribution in [3.05, 3.63) is 29.8 Å². The first-order chi connectivity index (χ1) is 13.2. The summed E-state index contributed by atoms with van der Waals surface area (Å²) in [5, 5.41) is 6.28. The molecule has 3 rings (SSSR count). The van der Waals surface area contributed by atoms with E-state index in [4.69, 9.17) is 4.74 Å². The maximum atomic E-state index is 12.6. The van der Waals surface area contributed by atoms with Gasteiger partial charge in [-0.3, -0.25) is 9.59 Å². The van der Waals surface area contributed by atoms with Crippen LogP contribution in [-0.4, -0.2) is 55.5 Å². The van der Waals surface area contributed by atoms with E-state index in [1.807, 2.05) is 29.2 Å². The second kappa shape index (κ2) is 9.74. The lowest BCUT2D eigenvalue weighted by Gasteiger charge is -2.33. The van der Waals surface area contributed by atoms with Crippen molar-refractivity contribution in [1.29, 1.82) is 0 Å². The molecular weight excluding hydrogens is 342 g/mol. The Labute approximate surface area is 161 Å². The van der Waals surface area contributed by atoms with Crippen molar-refractivity contribution in [3.63, 3.8) is 0 Å². The van der Waals surface area contributed by atoms with Gasteiger partial charge in [-0.15, -0.1) is 0 Å². The first-order valence-corrected chi connectivity index (χ1v) is 10.2. The fourth-order valence-corrected chi connectivity index (χ4v) is 3.90. The van der Waals surface area contributed by atoms with E-state index in [1.54, 1.807) is 0 Å². The highest BCUT2D eigenvalue weighted by molar-refractivity contribution is 5.82. The van der Waals surface area contributed by atoms with Crippen LogP contribution >= 0.6 is 0 Å². The molecule has 2 atom stereocenters. The third-order valence-corrected chi connectivity index (χ3v) is 5.52. The Morgan fingerprint density at radius 2 is 2.11 bits per heavy atom. The number of likely N-dealkylation sites (tertiary alicyclic amines) is 1. The van der Waals surface area contributed by atoms with Crippen LogP contribution in [0.25, 0.3) is 0 Å².